The molecular formula is C24H34N6O2. The third kappa shape index (κ3) is 4.76. The van der Waals surface area contributed by atoms with Gasteiger partial charge in [0.05, 0.1) is 18.7 Å². The zero-order chi connectivity index (χ0) is 22.7. The van der Waals surface area contributed by atoms with E-state index in [9.17, 15) is 9.90 Å². The summed E-state index contributed by atoms with van der Waals surface area (Å²) < 4.78 is 2.00. The van der Waals surface area contributed by atoms with Crippen molar-refractivity contribution >= 4 is 10.9 Å². The van der Waals surface area contributed by atoms with Crippen LogP contribution in [0.5, 0.6) is 0 Å². The average Bonchev–Trinajstić information content (AvgIpc) is 3.24. The Morgan fingerprint density at radius 3 is 2.72 bits per heavy atom. The van der Waals surface area contributed by atoms with E-state index in [2.05, 4.69) is 39.3 Å². The van der Waals surface area contributed by atoms with Gasteiger partial charge in [-0.3, -0.25) is 9.69 Å². The van der Waals surface area contributed by atoms with Gasteiger partial charge in [-0.2, -0.15) is 0 Å². The summed E-state index contributed by atoms with van der Waals surface area (Å²) >= 11 is 0. The monoisotopic (exact) mass is 438 g/mol. The number of aryl methyl sites for hydroxylation is 1. The van der Waals surface area contributed by atoms with Gasteiger partial charge in [0.2, 0.25) is 0 Å². The number of aromatic nitrogens is 5. The molecule has 2 N–H and O–H groups in total. The molecule has 1 aromatic carbocycles. The first-order valence-corrected chi connectivity index (χ1v) is 11.7. The van der Waals surface area contributed by atoms with Gasteiger partial charge in [0.25, 0.3) is 5.56 Å². The third-order valence-electron chi connectivity index (χ3n) is 6.57. The molecule has 0 spiro atoms. The van der Waals surface area contributed by atoms with Crippen molar-refractivity contribution in [2.45, 2.75) is 71.5 Å². The van der Waals surface area contributed by atoms with Crippen LogP contribution in [0.25, 0.3) is 10.9 Å². The Morgan fingerprint density at radius 1 is 1.22 bits per heavy atom. The molecule has 1 unspecified atom stereocenters. The maximum absolute atomic E-state index is 12.9. The first-order chi connectivity index (χ1) is 15.5. The summed E-state index contributed by atoms with van der Waals surface area (Å²) in [6.45, 7) is 7.15. The number of fused-ring (bicyclic) bond motifs is 1. The normalized spacial score (nSPS) is 16.3. The SMILES string of the molecule is Cc1ccc2cc(CN(CCO)C(c3nnnn3C3CCCCC3)C(C)C)c(=O)[nH]c2c1. The van der Waals surface area contributed by atoms with Crippen molar-refractivity contribution in [1.29, 1.82) is 0 Å². The molecule has 172 valence electrons. The maximum atomic E-state index is 12.9. The molecule has 2 aromatic heterocycles. The predicted octanol–water partition coefficient (Wildman–Crippen LogP) is 3.52. The lowest BCUT2D eigenvalue weighted by Crippen LogP contribution is -2.38. The van der Waals surface area contributed by atoms with Gasteiger partial charge in [0, 0.05) is 24.2 Å². The number of hydrogen-bond donors (Lipinski definition) is 2. The fraction of sp³-hybridized carbons (Fsp3) is 0.583. The summed E-state index contributed by atoms with van der Waals surface area (Å²) in [4.78, 5) is 18.0. The van der Waals surface area contributed by atoms with Gasteiger partial charge in [0.15, 0.2) is 5.82 Å². The quantitative estimate of drug-likeness (QED) is 0.558. The fourth-order valence-corrected chi connectivity index (χ4v) is 5.01. The average molecular weight is 439 g/mol. The summed E-state index contributed by atoms with van der Waals surface area (Å²) in [7, 11) is 0. The second-order valence-electron chi connectivity index (χ2n) is 9.37. The first-order valence-electron chi connectivity index (χ1n) is 11.7. The topological polar surface area (TPSA) is 99.9 Å². The van der Waals surface area contributed by atoms with Crippen LogP contribution in [-0.4, -0.2) is 48.3 Å². The lowest BCUT2D eigenvalue weighted by atomic mass is 9.94. The van der Waals surface area contributed by atoms with Crippen molar-refractivity contribution in [2.24, 2.45) is 5.92 Å². The molecule has 0 bridgehead atoms. The van der Waals surface area contributed by atoms with E-state index in [-0.39, 0.29) is 24.1 Å². The zero-order valence-electron chi connectivity index (χ0n) is 19.3. The Hall–Kier alpha value is -2.58. The summed E-state index contributed by atoms with van der Waals surface area (Å²) in [6.07, 6.45) is 5.84. The van der Waals surface area contributed by atoms with E-state index in [4.69, 9.17) is 0 Å². The summed E-state index contributed by atoms with van der Waals surface area (Å²) in [5.74, 6) is 1.03. The van der Waals surface area contributed by atoms with Crippen LogP contribution in [0.2, 0.25) is 0 Å². The minimum Gasteiger partial charge on any atom is -0.395 e. The van der Waals surface area contributed by atoms with Crippen LogP contribution in [0.1, 0.15) is 75.0 Å². The number of aliphatic hydroxyl groups excluding tert-OH is 1. The molecule has 8 heteroatoms. The van der Waals surface area contributed by atoms with Crippen LogP contribution >= 0.6 is 0 Å². The van der Waals surface area contributed by atoms with Crippen LogP contribution in [-0.2, 0) is 6.54 Å². The highest BCUT2D eigenvalue weighted by Crippen LogP contribution is 2.33. The Morgan fingerprint density at radius 2 is 2.00 bits per heavy atom. The molecule has 4 rings (SSSR count). The smallest absolute Gasteiger partial charge is 0.252 e. The minimum absolute atomic E-state index is 0.00110. The van der Waals surface area contributed by atoms with E-state index in [1.54, 1.807) is 0 Å². The second kappa shape index (κ2) is 9.92. The maximum Gasteiger partial charge on any atom is 0.252 e. The molecule has 1 aliphatic carbocycles. The third-order valence-corrected chi connectivity index (χ3v) is 6.57. The van der Waals surface area contributed by atoms with Gasteiger partial charge < -0.3 is 10.1 Å². The van der Waals surface area contributed by atoms with Crippen molar-refractivity contribution in [1.82, 2.24) is 30.1 Å². The summed E-state index contributed by atoms with van der Waals surface area (Å²) in [5, 5.41) is 23.7. The molecule has 1 fully saturated rings. The number of rotatable bonds is 8. The molecule has 3 aromatic rings. The first kappa shape index (κ1) is 22.6. The van der Waals surface area contributed by atoms with E-state index in [1.165, 1.54) is 19.3 Å². The van der Waals surface area contributed by atoms with Gasteiger partial charge in [-0.1, -0.05) is 45.2 Å². The molecule has 8 nitrogen and oxygen atoms in total. The minimum atomic E-state index is -0.104. The molecule has 0 radical (unpaired) electrons. The number of hydrogen-bond acceptors (Lipinski definition) is 6. The second-order valence-corrected chi connectivity index (χ2v) is 9.37. The van der Waals surface area contributed by atoms with Gasteiger partial charge in [-0.15, -0.1) is 5.10 Å². The standard InChI is InChI=1S/C24H34N6O2/c1-16(2)22(23-26-27-28-30(23)20-7-5-4-6-8-20)29(11-12-31)15-19-14-18-10-9-17(3)13-21(18)25-24(19)32/h9-10,13-14,16,20,22,31H,4-8,11-12,15H2,1-3H3,(H,25,32). The summed E-state index contributed by atoms with van der Waals surface area (Å²) in [5.41, 5.74) is 2.53. The van der Waals surface area contributed by atoms with Crippen molar-refractivity contribution in [3.63, 3.8) is 0 Å². The van der Waals surface area contributed by atoms with E-state index >= 15 is 0 Å². The lowest BCUT2D eigenvalue weighted by Gasteiger charge is -2.34. The number of pyridine rings is 1. The number of H-pyrrole nitrogens is 1. The van der Waals surface area contributed by atoms with Gasteiger partial charge in [-0.05, 0) is 59.2 Å². The van der Waals surface area contributed by atoms with E-state index in [0.717, 1.165) is 35.1 Å². The number of aliphatic hydroxyl groups is 1. The van der Waals surface area contributed by atoms with Crippen LogP contribution < -0.4 is 5.56 Å². The molecule has 1 aliphatic rings. The van der Waals surface area contributed by atoms with Crippen LogP contribution in [0.4, 0.5) is 0 Å². The van der Waals surface area contributed by atoms with Crippen molar-refractivity contribution < 1.29 is 5.11 Å². The van der Waals surface area contributed by atoms with E-state index < -0.39 is 0 Å². The van der Waals surface area contributed by atoms with E-state index in [1.807, 2.05) is 35.9 Å². The lowest BCUT2D eigenvalue weighted by molar-refractivity contribution is 0.103. The largest absolute Gasteiger partial charge is 0.395 e. The Bertz CT molecular complexity index is 1100. The van der Waals surface area contributed by atoms with Crippen molar-refractivity contribution in [2.75, 3.05) is 13.2 Å². The molecule has 0 saturated heterocycles. The Kier molecular flexibility index (Phi) is 7.01. The highest BCUT2D eigenvalue weighted by molar-refractivity contribution is 5.79. The van der Waals surface area contributed by atoms with Gasteiger partial charge >= 0.3 is 0 Å². The molecule has 1 saturated carbocycles. The van der Waals surface area contributed by atoms with Crippen LogP contribution in [0, 0.1) is 12.8 Å². The number of nitrogens with zero attached hydrogens (tertiary/aromatic N) is 5. The highest BCUT2D eigenvalue weighted by Gasteiger charge is 2.32. The number of benzene rings is 1. The molecular weight excluding hydrogens is 404 g/mol. The molecule has 0 amide bonds. The van der Waals surface area contributed by atoms with Crippen molar-refractivity contribution in [3.8, 4) is 0 Å². The number of aromatic amines is 1. The Balaban J connectivity index is 1.68. The molecule has 0 aliphatic heterocycles. The molecule has 1 atom stereocenters. The van der Waals surface area contributed by atoms with Gasteiger partial charge in [-0.25, -0.2) is 4.68 Å². The van der Waals surface area contributed by atoms with Crippen LogP contribution in [0.15, 0.2) is 29.1 Å². The zero-order valence-corrected chi connectivity index (χ0v) is 19.3. The molecule has 32 heavy (non-hydrogen) atoms. The fourth-order valence-electron chi connectivity index (χ4n) is 5.01. The van der Waals surface area contributed by atoms with Gasteiger partial charge in [0.1, 0.15) is 0 Å². The molecule has 2 heterocycles. The Labute approximate surface area is 188 Å². The van der Waals surface area contributed by atoms with Crippen LogP contribution in [0.3, 0.4) is 0 Å². The highest BCUT2D eigenvalue weighted by atomic mass is 16.3. The predicted molar refractivity (Wildman–Crippen MR) is 124 cm³/mol. The van der Waals surface area contributed by atoms with Crippen molar-refractivity contribution in [3.05, 3.63) is 51.6 Å². The van der Waals surface area contributed by atoms with E-state index in [0.29, 0.717) is 24.7 Å². The summed E-state index contributed by atoms with van der Waals surface area (Å²) in [6, 6.07) is 8.24. The number of nitrogens with one attached hydrogen (secondary N) is 1. The number of tetrazole rings is 1.